The van der Waals surface area contributed by atoms with Gasteiger partial charge in [0, 0.05) is 40.7 Å². The second kappa shape index (κ2) is 7.21. The summed E-state index contributed by atoms with van der Waals surface area (Å²) in [6, 6.07) is 1.87. The van der Waals surface area contributed by atoms with Gasteiger partial charge in [0.1, 0.15) is 17.8 Å². The lowest BCUT2D eigenvalue weighted by Gasteiger charge is -2.28. The molecule has 10 nitrogen and oxygen atoms in total. The summed E-state index contributed by atoms with van der Waals surface area (Å²) in [6.07, 6.45) is 8.23. The number of carbonyl (C=O) groups is 1. The second-order valence-corrected chi connectivity index (χ2v) is 8.07. The van der Waals surface area contributed by atoms with Gasteiger partial charge in [-0.2, -0.15) is 0 Å². The monoisotopic (exact) mass is 406 g/mol. The first-order chi connectivity index (χ1) is 14.2. The largest absolute Gasteiger partial charge is 0.366 e. The first-order valence-electron chi connectivity index (χ1n) is 9.38. The number of nitrogens with zero attached hydrogens (tertiary/aromatic N) is 7. The van der Waals surface area contributed by atoms with Crippen LogP contribution in [-0.4, -0.2) is 42.6 Å². The molecular weight excluding hydrogens is 384 g/mol. The lowest BCUT2D eigenvalue weighted by Crippen LogP contribution is -2.33. The molecule has 1 aliphatic rings. The van der Waals surface area contributed by atoms with Crippen LogP contribution >= 0.6 is 0 Å². The molecule has 10 heteroatoms. The molecule has 0 aromatic carbocycles. The number of carbonyl (C=O) groups excluding carboxylic acids is 1. The lowest BCUT2D eigenvalue weighted by atomic mass is 9.93. The van der Waals surface area contributed by atoms with Gasteiger partial charge in [-0.3, -0.25) is 4.79 Å². The van der Waals surface area contributed by atoms with Crippen LogP contribution in [0.25, 0.3) is 17.0 Å². The fourth-order valence-corrected chi connectivity index (χ4v) is 3.07. The maximum atomic E-state index is 12.0. The van der Waals surface area contributed by atoms with E-state index >= 15 is 0 Å². The second-order valence-electron chi connectivity index (χ2n) is 8.07. The molecular formula is C20H22N8O2. The SMILES string of the molecule is CC1=C(n2cc(-c3cncnc3)nn2)C=C(C(N)=O)CN1c1cc(C(C)(C)C)on1. The number of hydrogen-bond acceptors (Lipinski definition) is 8. The van der Waals surface area contributed by atoms with E-state index in [0.717, 1.165) is 17.0 Å². The molecule has 4 heterocycles. The molecule has 0 saturated heterocycles. The number of rotatable bonds is 4. The maximum absolute atomic E-state index is 12.0. The zero-order valence-corrected chi connectivity index (χ0v) is 17.2. The van der Waals surface area contributed by atoms with Crippen LogP contribution in [0.4, 0.5) is 5.82 Å². The Morgan fingerprint density at radius 3 is 2.60 bits per heavy atom. The highest BCUT2D eigenvalue weighted by Crippen LogP contribution is 2.32. The third-order valence-corrected chi connectivity index (χ3v) is 4.84. The molecule has 30 heavy (non-hydrogen) atoms. The standard InChI is InChI=1S/C20H22N8O2/c1-12-16(28-10-15(24-26-28)14-7-22-11-23-8-14)5-13(19(21)29)9-27(12)18-6-17(30-25-18)20(2,3)4/h5-8,10-11H,9H2,1-4H3,(H2,21,29). The zero-order valence-electron chi connectivity index (χ0n) is 17.2. The maximum Gasteiger partial charge on any atom is 0.246 e. The molecule has 0 atom stereocenters. The van der Waals surface area contributed by atoms with Gasteiger partial charge in [0.2, 0.25) is 5.91 Å². The van der Waals surface area contributed by atoms with Crippen LogP contribution in [0.15, 0.2) is 52.9 Å². The van der Waals surface area contributed by atoms with E-state index < -0.39 is 5.91 Å². The molecule has 3 aromatic heterocycles. The number of hydrogen-bond donors (Lipinski definition) is 1. The number of amides is 1. The minimum Gasteiger partial charge on any atom is -0.366 e. The van der Waals surface area contributed by atoms with Crippen LogP contribution in [0.3, 0.4) is 0 Å². The van der Waals surface area contributed by atoms with Gasteiger partial charge in [-0.15, -0.1) is 5.10 Å². The van der Waals surface area contributed by atoms with E-state index in [4.69, 9.17) is 10.3 Å². The van der Waals surface area contributed by atoms with Crippen molar-refractivity contribution >= 4 is 17.4 Å². The van der Waals surface area contributed by atoms with Crippen molar-refractivity contribution in [2.45, 2.75) is 33.1 Å². The summed E-state index contributed by atoms with van der Waals surface area (Å²) < 4.78 is 7.13. The van der Waals surface area contributed by atoms with E-state index in [1.807, 2.05) is 38.7 Å². The van der Waals surface area contributed by atoms with Crippen LogP contribution in [0.1, 0.15) is 33.5 Å². The Morgan fingerprint density at radius 2 is 1.97 bits per heavy atom. The number of aromatic nitrogens is 6. The minimum absolute atomic E-state index is 0.192. The number of primary amides is 1. The molecule has 0 bridgehead atoms. The van der Waals surface area contributed by atoms with E-state index in [0.29, 0.717) is 22.8 Å². The Kier molecular flexibility index (Phi) is 4.69. The molecule has 154 valence electrons. The third-order valence-electron chi connectivity index (χ3n) is 4.84. The minimum atomic E-state index is -0.513. The highest BCUT2D eigenvalue weighted by atomic mass is 16.5. The van der Waals surface area contributed by atoms with Crippen molar-refractivity contribution in [3.63, 3.8) is 0 Å². The Bertz CT molecular complexity index is 1150. The predicted molar refractivity (Wildman–Crippen MR) is 110 cm³/mol. The quantitative estimate of drug-likeness (QED) is 0.698. The first kappa shape index (κ1) is 19.5. The van der Waals surface area contributed by atoms with E-state index in [1.54, 1.807) is 29.3 Å². The van der Waals surface area contributed by atoms with Crippen molar-refractivity contribution in [3.8, 4) is 11.3 Å². The fourth-order valence-electron chi connectivity index (χ4n) is 3.07. The van der Waals surface area contributed by atoms with Gasteiger partial charge in [0.05, 0.1) is 18.4 Å². The van der Waals surface area contributed by atoms with E-state index in [-0.39, 0.29) is 12.0 Å². The summed E-state index contributed by atoms with van der Waals surface area (Å²) in [5.41, 5.74) is 8.67. The average molecular weight is 406 g/mol. The molecule has 0 fully saturated rings. The topological polar surface area (TPSA) is 129 Å². The summed E-state index contributed by atoms with van der Waals surface area (Å²) in [4.78, 5) is 21.9. The highest BCUT2D eigenvalue weighted by molar-refractivity contribution is 5.96. The van der Waals surface area contributed by atoms with Gasteiger partial charge in [-0.25, -0.2) is 14.6 Å². The molecule has 4 rings (SSSR count). The number of allylic oxidation sites excluding steroid dienone is 3. The molecule has 0 aliphatic carbocycles. The predicted octanol–water partition coefficient (Wildman–Crippen LogP) is 2.14. The number of nitrogens with two attached hydrogens (primary N) is 1. The zero-order chi connectivity index (χ0) is 21.5. The normalized spacial score (nSPS) is 14.8. The van der Waals surface area contributed by atoms with Crippen LogP contribution in [0, 0.1) is 0 Å². The lowest BCUT2D eigenvalue weighted by molar-refractivity contribution is -0.114. The van der Waals surface area contributed by atoms with Crippen LogP contribution in [-0.2, 0) is 10.2 Å². The van der Waals surface area contributed by atoms with E-state index in [1.165, 1.54) is 6.33 Å². The molecule has 1 amide bonds. The smallest absolute Gasteiger partial charge is 0.246 e. The summed E-state index contributed by atoms with van der Waals surface area (Å²) in [7, 11) is 0. The molecule has 0 saturated carbocycles. The summed E-state index contributed by atoms with van der Waals surface area (Å²) in [6.45, 7) is 8.33. The Balaban J connectivity index is 1.76. The molecule has 0 spiro atoms. The van der Waals surface area contributed by atoms with Gasteiger partial charge in [0.25, 0.3) is 0 Å². The molecule has 0 radical (unpaired) electrons. The third kappa shape index (κ3) is 3.59. The van der Waals surface area contributed by atoms with E-state index in [9.17, 15) is 4.79 Å². The van der Waals surface area contributed by atoms with Gasteiger partial charge < -0.3 is 15.2 Å². The Labute approximate surface area is 173 Å². The van der Waals surface area contributed by atoms with Crippen molar-refractivity contribution < 1.29 is 9.32 Å². The summed E-state index contributed by atoms with van der Waals surface area (Å²) >= 11 is 0. The number of anilines is 1. The summed E-state index contributed by atoms with van der Waals surface area (Å²) in [5, 5.41) is 12.6. The van der Waals surface area contributed by atoms with Crippen molar-refractivity contribution in [3.05, 3.63) is 54.1 Å². The van der Waals surface area contributed by atoms with Crippen molar-refractivity contribution in [2.24, 2.45) is 5.73 Å². The van der Waals surface area contributed by atoms with Crippen molar-refractivity contribution in [2.75, 3.05) is 11.4 Å². The van der Waals surface area contributed by atoms with Crippen molar-refractivity contribution in [1.82, 2.24) is 30.1 Å². The molecule has 1 aliphatic heterocycles. The van der Waals surface area contributed by atoms with E-state index in [2.05, 4.69) is 25.4 Å². The van der Waals surface area contributed by atoms with Crippen molar-refractivity contribution in [1.29, 1.82) is 0 Å². The Morgan fingerprint density at radius 1 is 1.23 bits per heavy atom. The fraction of sp³-hybridized carbons (Fsp3) is 0.300. The molecule has 2 N–H and O–H groups in total. The highest BCUT2D eigenvalue weighted by Gasteiger charge is 2.28. The van der Waals surface area contributed by atoms with Gasteiger partial charge in [-0.1, -0.05) is 31.1 Å². The van der Waals surface area contributed by atoms with Gasteiger partial charge in [0.15, 0.2) is 5.82 Å². The van der Waals surface area contributed by atoms with Crippen LogP contribution in [0.2, 0.25) is 0 Å². The summed E-state index contributed by atoms with van der Waals surface area (Å²) in [5.74, 6) is 0.828. The van der Waals surface area contributed by atoms with Crippen LogP contribution < -0.4 is 10.6 Å². The van der Waals surface area contributed by atoms with Crippen LogP contribution in [0.5, 0.6) is 0 Å². The van der Waals surface area contributed by atoms with Gasteiger partial charge in [-0.05, 0) is 13.0 Å². The average Bonchev–Trinajstić information content (AvgIpc) is 3.38. The first-order valence-corrected chi connectivity index (χ1v) is 9.38. The molecule has 0 unspecified atom stereocenters. The Hall–Kier alpha value is -3.82. The molecule has 3 aromatic rings. The van der Waals surface area contributed by atoms with Gasteiger partial charge >= 0.3 is 0 Å².